The van der Waals surface area contributed by atoms with Crippen LogP contribution < -0.4 is 4.74 Å². The zero-order valence-electron chi connectivity index (χ0n) is 17.5. The number of pyridine rings is 1. The SMILES string of the molecule is COC(=O)c1cccc(O[C@@H]2C[C@@H]3CN(Cc4c[nH]c5ccncc45)C[C@@H]3C[C@H]2O)c1. The van der Waals surface area contributed by atoms with E-state index in [1.54, 1.807) is 24.4 Å². The number of carbonyl (C=O) groups excluding carboxylic acids is 1. The molecule has 4 atom stereocenters. The first kappa shape index (κ1) is 20.0. The van der Waals surface area contributed by atoms with Gasteiger partial charge in [0.2, 0.25) is 0 Å². The van der Waals surface area contributed by atoms with E-state index in [2.05, 4.69) is 21.1 Å². The van der Waals surface area contributed by atoms with Gasteiger partial charge in [-0.2, -0.15) is 0 Å². The number of nitrogens with one attached hydrogen (secondary N) is 1. The van der Waals surface area contributed by atoms with Crippen LogP contribution in [0.4, 0.5) is 0 Å². The van der Waals surface area contributed by atoms with Crippen molar-refractivity contribution in [1.29, 1.82) is 0 Å². The molecule has 1 aliphatic carbocycles. The zero-order chi connectivity index (χ0) is 21.4. The standard InChI is InChI=1S/C24H27N3O4/c1-30-24(29)15-3-2-4-19(7-15)31-23-9-17-13-27(12-16(17)8-22(23)28)14-18-10-26-21-5-6-25-11-20(18)21/h2-7,10-11,16-17,22-23,26,28H,8-9,12-14H2,1H3/t16-,17+,22+,23+/m0/s1. The lowest BCUT2D eigenvalue weighted by Gasteiger charge is -2.35. The second-order valence-electron chi connectivity index (χ2n) is 8.66. The second kappa shape index (κ2) is 8.32. The molecule has 3 aromatic rings. The fourth-order valence-electron chi connectivity index (χ4n) is 5.12. The summed E-state index contributed by atoms with van der Waals surface area (Å²) in [5, 5.41) is 11.9. The van der Waals surface area contributed by atoms with Gasteiger partial charge in [0.1, 0.15) is 11.9 Å². The van der Waals surface area contributed by atoms with Gasteiger partial charge in [-0.15, -0.1) is 0 Å². The molecule has 0 bridgehead atoms. The van der Waals surface area contributed by atoms with E-state index in [1.165, 1.54) is 18.1 Å². The van der Waals surface area contributed by atoms with Crippen LogP contribution in [0, 0.1) is 11.8 Å². The van der Waals surface area contributed by atoms with Gasteiger partial charge < -0.3 is 19.6 Å². The summed E-state index contributed by atoms with van der Waals surface area (Å²) in [6.07, 6.45) is 6.55. The maximum atomic E-state index is 11.8. The number of aromatic nitrogens is 2. The number of hydrogen-bond acceptors (Lipinski definition) is 6. The molecule has 2 aliphatic rings. The van der Waals surface area contributed by atoms with Crippen molar-refractivity contribution in [3.05, 3.63) is 60.0 Å². The van der Waals surface area contributed by atoms with Gasteiger partial charge >= 0.3 is 5.97 Å². The number of methoxy groups -OCH3 is 1. The van der Waals surface area contributed by atoms with E-state index in [0.29, 0.717) is 23.1 Å². The van der Waals surface area contributed by atoms with Crippen LogP contribution in [0.3, 0.4) is 0 Å². The van der Waals surface area contributed by atoms with Crippen LogP contribution in [0.1, 0.15) is 28.8 Å². The van der Waals surface area contributed by atoms with Crippen molar-refractivity contribution < 1.29 is 19.4 Å². The van der Waals surface area contributed by atoms with Gasteiger partial charge in [-0.05, 0) is 54.5 Å². The van der Waals surface area contributed by atoms with E-state index in [-0.39, 0.29) is 6.10 Å². The van der Waals surface area contributed by atoms with E-state index in [0.717, 1.165) is 38.0 Å². The second-order valence-corrected chi connectivity index (χ2v) is 8.66. The normalized spacial score (nSPS) is 26.0. The average molecular weight is 421 g/mol. The van der Waals surface area contributed by atoms with E-state index in [1.807, 2.05) is 18.3 Å². The van der Waals surface area contributed by atoms with Crippen LogP contribution in [0.2, 0.25) is 0 Å². The third-order valence-corrected chi connectivity index (χ3v) is 6.67. The average Bonchev–Trinajstić information content (AvgIpc) is 3.37. The molecule has 0 amide bonds. The number of rotatable bonds is 5. The number of hydrogen-bond donors (Lipinski definition) is 2. The summed E-state index contributed by atoms with van der Waals surface area (Å²) in [4.78, 5) is 21.8. The van der Waals surface area contributed by atoms with Crippen molar-refractivity contribution in [3.8, 4) is 5.75 Å². The fourth-order valence-corrected chi connectivity index (χ4v) is 5.12. The molecule has 3 heterocycles. The Kier molecular flexibility index (Phi) is 5.38. The highest BCUT2D eigenvalue weighted by molar-refractivity contribution is 5.89. The number of likely N-dealkylation sites (tertiary alicyclic amines) is 1. The Bertz CT molecular complexity index is 1080. The topological polar surface area (TPSA) is 87.7 Å². The van der Waals surface area contributed by atoms with Crippen molar-refractivity contribution in [2.75, 3.05) is 20.2 Å². The molecule has 162 valence electrons. The van der Waals surface area contributed by atoms with E-state index >= 15 is 0 Å². The molecule has 1 aromatic carbocycles. The zero-order valence-corrected chi connectivity index (χ0v) is 17.5. The molecule has 1 saturated heterocycles. The molecular weight excluding hydrogens is 394 g/mol. The Morgan fingerprint density at radius 1 is 1.26 bits per heavy atom. The molecule has 0 unspecified atom stereocenters. The summed E-state index contributed by atoms with van der Waals surface area (Å²) in [6.45, 7) is 2.85. The summed E-state index contributed by atoms with van der Waals surface area (Å²) in [5.41, 5.74) is 2.82. The number of H-pyrrole nitrogens is 1. The van der Waals surface area contributed by atoms with Crippen LogP contribution in [0.15, 0.2) is 48.9 Å². The lowest BCUT2D eigenvalue weighted by molar-refractivity contribution is -0.0231. The first-order chi connectivity index (χ1) is 15.1. The maximum absolute atomic E-state index is 11.8. The van der Waals surface area contributed by atoms with Crippen LogP contribution >= 0.6 is 0 Å². The number of ether oxygens (including phenoxy) is 2. The largest absolute Gasteiger partial charge is 0.488 e. The number of aliphatic hydroxyl groups excluding tert-OH is 1. The molecule has 7 nitrogen and oxygen atoms in total. The number of nitrogens with zero attached hydrogens (tertiary/aromatic N) is 2. The summed E-state index contributed by atoms with van der Waals surface area (Å²) in [5.74, 6) is 1.15. The van der Waals surface area contributed by atoms with Gasteiger partial charge in [-0.25, -0.2) is 4.79 Å². The highest BCUT2D eigenvalue weighted by Gasteiger charge is 2.42. The number of esters is 1. The predicted molar refractivity (Wildman–Crippen MR) is 116 cm³/mol. The van der Waals surface area contributed by atoms with Crippen molar-refractivity contribution in [2.24, 2.45) is 11.8 Å². The first-order valence-corrected chi connectivity index (χ1v) is 10.8. The Morgan fingerprint density at radius 3 is 2.94 bits per heavy atom. The fraction of sp³-hybridized carbons (Fsp3) is 0.417. The van der Waals surface area contributed by atoms with Crippen LogP contribution in [0.5, 0.6) is 5.75 Å². The van der Waals surface area contributed by atoms with E-state index < -0.39 is 12.1 Å². The van der Waals surface area contributed by atoms with Crippen molar-refractivity contribution in [1.82, 2.24) is 14.9 Å². The lowest BCUT2D eigenvalue weighted by Crippen LogP contribution is -2.42. The Labute approximate surface area is 181 Å². The summed E-state index contributed by atoms with van der Waals surface area (Å²) in [7, 11) is 1.36. The number of aliphatic hydroxyl groups is 1. The molecule has 2 aromatic heterocycles. The highest BCUT2D eigenvalue weighted by atomic mass is 16.5. The number of carbonyl (C=O) groups is 1. The van der Waals surface area contributed by atoms with Gasteiger partial charge in [0.25, 0.3) is 0 Å². The highest BCUT2D eigenvalue weighted by Crippen LogP contribution is 2.39. The molecular formula is C24H27N3O4. The summed E-state index contributed by atoms with van der Waals surface area (Å²) < 4.78 is 10.9. The minimum atomic E-state index is -0.514. The molecule has 1 aliphatic heterocycles. The Balaban J connectivity index is 1.24. The van der Waals surface area contributed by atoms with Crippen LogP contribution in [-0.2, 0) is 11.3 Å². The van der Waals surface area contributed by atoms with Gasteiger partial charge in [0.15, 0.2) is 0 Å². The van der Waals surface area contributed by atoms with Crippen LogP contribution in [-0.4, -0.2) is 58.4 Å². The lowest BCUT2D eigenvalue weighted by atomic mass is 9.78. The maximum Gasteiger partial charge on any atom is 0.337 e. The first-order valence-electron chi connectivity index (χ1n) is 10.8. The number of fused-ring (bicyclic) bond motifs is 2. The van der Waals surface area contributed by atoms with E-state index in [4.69, 9.17) is 9.47 Å². The number of aromatic amines is 1. The molecule has 0 spiro atoms. The quantitative estimate of drug-likeness (QED) is 0.616. The smallest absolute Gasteiger partial charge is 0.337 e. The minimum Gasteiger partial charge on any atom is -0.488 e. The molecule has 2 N–H and O–H groups in total. The Hall–Kier alpha value is -2.90. The molecule has 0 radical (unpaired) electrons. The monoisotopic (exact) mass is 421 g/mol. The summed E-state index contributed by atoms with van der Waals surface area (Å²) in [6, 6.07) is 8.96. The van der Waals surface area contributed by atoms with Crippen molar-refractivity contribution in [2.45, 2.75) is 31.6 Å². The van der Waals surface area contributed by atoms with Crippen molar-refractivity contribution in [3.63, 3.8) is 0 Å². The predicted octanol–water partition coefficient (Wildman–Crippen LogP) is 3.00. The van der Waals surface area contributed by atoms with Crippen LogP contribution in [0.25, 0.3) is 10.9 Å². The minimum absolute atomic E-state index is 0.272. The van der Waals surface area contributed by atoms with Gasteiger partial charge in [-0.1, -0.05) is 6.07 Å². The third kappa shape index (κ3) is 4.03. The van der Waals surface area contributed by atoms with Gasteiger partial charge in [0.05, 0.1) is 18.8 Å². The van der Waals surface area contributed by atoms with Gasteiger partial charge in [-0.3, -0.25) is 9.88 Å². The van der Waals surface area contributed by atoms with E-state index in [9.17, 15) is 9.90 Å². The Morgan fingerprint density at radius 2 is 2.10 bits per heavy atom. The van der Waals surface area contributed by atoms with Gasteiger partial charge in [0, 0.05) is 49.1 Å². The molecule has 31 heavy (non-hydrogen) atoms. The van der Waals surface area contributed by atoms with Crippen molar-refractivity contribution >= 4 is 16.9 Å². The molecule has 2 fully saturated rings. The number of benzene rings is 1. The molecule has 1 saturated carbocycles. The molecule has 7 heteroatoms. The molecule has 5 rings (SSSR count). The third-order valence-electron chi connectivity index (χ3n) is 6.67. The summed E-state index contributed by atoms with van der Waals surface area (Å²) >= 11 is 0.